The number of benzene rings is 3. The molecular formula is C23H24N2O4S2. The van der Waals surface area contributed by atoms with E-state index in [9.17, 15) is 13.2 Å². The minimum absolute atomic E-state index is 0.0955. The molecule has 1 amide bonds. The Kier molecular flexibility index (Phi) is 7.59. The minimum Gasteiger partial charge on any atom is -0.495 e. The predicted octanol–water partition coefficient (Wildman–Crippen LogP) is 4.33. The molecule has 162 valence electrons. The van der Waals surface area contributed by atoms with Gasteiger partial charge < -0.3 is 10.1 Å². The van der Waals surface area contributed by atoms with Crippen molar-refractivity contribution < 1.29 is 17.9 Å². The summed E-state index contributed by atoms with van der Waals surface area (Å²) in [5.41, 5.74) is 1.69. The number of anilines is 1. The fraction of sp³-hybridized carbons (Fsp3) is 0.174. The molecule has 0 saturated heterocycles. The summed E-state index contributed by atoms with van der Waals surface area (Å²) in [6, 6.07) is 21.2. The van der Waals surface area contributed by atoms with Gasteiger partial charge >= 0.3 is 0 Å². The van der Waals surface area contributed by atoms with E-state index in [0.29, 0.717) is 18.0 Å². The number of nitrogens with one attached hydrogen (secondary N) is 2. The number of methoxy groups -OCH3 is 1. The van der Waals surface area contributed by atoms with Gasteiger partial charge in [0.15, 0.2) is 0 Å². The largest absolute Gasteiger partial charge is 0.495 e. The fourth-order valence-corrected chi connectivity index (χ4v) is 4.86. The van der Waals surface area contributed by atoms with Crippen molar-refractivity contribution in [2.24, 2.45) is 0 Å². The number of hydrogen-bond acceptors (Lipinski definition) is 5. The number of thioether (sulfide) groups is 1. The molecule has 8 heteroatoms. The Hall–Kier alpha value is -2.97. The number of ether oxygens (including phenoxy) is 1. The van der Waals surface area contributed by atoms with Crippen LogP contribution in [0.4, 0.5) is 5.69 Å². The number of carbonyl (C=O) groups is 1. The van der Waals surface area contributed by atoms with Gasteiger partial charge in [0.2, 0.25) is 0 Å². The van der Waals surface area contributed by atoms with Crippen LogP contribution in [0.3, 0.4) is 0 Å². The highest BCUT2D eigenvalue weighted by Gasteiger charge is 2.22. The van der Waals surface area contributed by atoms with Crippen LogP contribution in [0.1, 0.15) is 15.9 Å². The third-order valence-corrected chi connectivity index (χ3v) is 6.83. The standard InChI is InChI=1S/C23H24N2O4S2/c1-17-8-11-19(12-9-17)25-31(27,28)22-16-18(10-13-21(22)29-2)23(26)24-14-15-30-20-6-4-3-5-7-20/h3-13,16,25H,14-15H2,1-2H3,(H,24,26). The number of carbonyl (C=O) groups excluding carboxylic acids is 1. The second-order valence-electron chi connectivity index (χ2n) is 6.75. The maximum absolute atomic E-state index is 12.9. The summed E-state index contributed by atoms with van der Waals surface area (Å²) >= 11 is 1.63. The van der Waals surface area contributed by atoms with Crippen molar-refractivity contribution in [2.75, 3.05) is 24.1 Å². The van der Waals surface area contributed by atoms with E-state index in [4.69, 9.17) is 4.74 Å². The van der Waals surface area contributed by atoms with Gasteiger partial charge in [-0.15, -0.1) is 11.8 Å². The van der Waals surface area contributed by atoms with Crippen LogP contribution in [0.5, 0.6) is 5.75 Å². The summed E-state index contributed by atoms with van der Waals surface area (Å²) in [7, 11) is -2.56. The van der Waals surface area contributed by atoms with Crippen LogP contribution in [0.2, 0.25) is 0 Å². The molecule has 0 fully saturated rings. The lowest BCUT2D eigenvalue weighted by Gasteiger charge is -2.13. The monoisotopic (exact) mass is 456 g/mol. The van der Waals surface area contributed by atoms with Crippen molar-refractivity contribution in [3.8, 4) is 5.75 Å². The van der Waals surface area contributed by atoms with Crippen molar-refractivity contribution >= 4 is 33.4 Å². The summed E-state index contributed by atoms with van der Waals surface area (Å²) in [5.74, 6) is 0.519. The molecule has 2 N–H and O–H groups in total. The van der Waals surface area contributed by atoms with E-state index in [0.717, 1.165) is 10.5 Å². The smallest absolute Gasteiger partial charge is 0.265 e. The van der Waals surface area contributed by atoms with Crippen LogP contribution in [0.25, 0.3) is 0 Å². The molecular weight excluding hydrogens is 432 g/mol. The quantitative estimate of drug-likeness (QED) is 0.370. The summed E-state index contributed by atoms with van der Waals surface area (Å²) in [6.07, 6.45) is 0. The first-order valence-corrected chi connectivity index (χ1v) is 12.1. The zero-order valence-electron chi connectivity index (χ0n) is 17.3. The van der Waals surface area contributed by atoms with Gasteiger partial charge in [0.25, 0.3) is 15.9 Å². The van der Waals surface area contributed by atoms with Gasteiger partial charge in [0.1, 0.15) is 10.6 Å². The van der Waals surface area contributed by atoms with E-state index in [1.165, 1.54) is 19.2 Å². The third kappa shape index (κ3) is 6.26. The maximum Gasteiger partial charge on any atom is 0.265 e. The van der Waals surface area contributed by atoms with Gasteiger partial charge in [0, 0.05) is 28.4 Å². The van der Waals surface area contributed by atoms with E-state index in [2.05, 4.69) is 10.0 Å². The van der Waals surface area contributed by atoms with Crippen molar-refractivity contribution in [3.05, 3.63) is 83.9 Å². The number of amides is 1. The molecule has 0 atom stereocenters. The number of rotatable bonds is 9. The Morgan fingerprint density at radius 2 is 1.71 bits per heavy atom. The van der Waals surface area contributed by atoms with Gasteiger partial charge in [-0.05, 0) is 49.4 Å². The molecule has 0 radical (unpaired) electrons. The molecule has 0 aliphatic heterocycles. The topological polar surface area (TPSA) is 84.5 Å². The molecule has 3 aromatic rings. The van der Waals surface area contributed by atoms with E-state index in [1.807, 2.05) is 49.4 Å². The summed E-state index contributed by atoms with van der Waals surface area (Å²) < 4.78 is 33.6. The molecule has 0 aromatic heterocycles. The lowest BCUT2D eigenvalue weighted by Crippen LogP contribution is -2.26. The maximum atomic E-state index is 12.9. The SMILES string of the molecule is COc1ccc(C(=O)NCCSc2ccccc2)cc1S(=O)(=O)Nc1ccc(C)cc1. The molecule has 0 unspecified atom stereocenters. The van der Waals surface area contributed by atoms with Crippen LogP contribution in [-0.4, -0.2) is 33.7 Å². The molecule has 0 bridgehead atoms. The normalized spacial score (nSPS) is 11.0. The summed E-state index contributed by atoms with van der Waals surface area (Å²) in [4.78, 5) is 13.6. The van der Waals surface area contributed by atoms with Gasteiger partial charge in [0.05, 0.1) is 7.11 Å². The Morgan fingerprint density at radius 1 is 1.00 bits per heavy atom. The van der Waals surface area contributed by atoms with Crippen molar-refractivity contribution in [3.63, 3.8) is 0 Å². The molecule has 0 saturated carbocycles. The lowest BCUT2D eigenvalue weighted by atomic mass is 10.2. The number of aryl methyl sites for hydroxylation is 1. The second kappa shape index (κ2) is 10.4. The zero-order valence-corrected chi connectivity index (χ0v) is 18.9. The molecule has 3 aromatic carbocycles. The van der Waals surface area contributed by atoms with Crippen molar-refractivity contribution in [2.45, 2.75) is 16.7 Å². The number of sulfonamides is 1. The molecule has 6 nitrogen and oxygen atoms in total. The van der Waals surface area contributed by atoms with Gasteiger partial charge in [-0.25, -0.2) is 8.42 Å². The second-order valence-corrected chi connectivity index (χ2v) is 9.57. The van der Waals surface area contributed by atoms with Gasteiger partial charge in [-0.2, -0.15) is 0 Å². The van der Waals surface area contributed by atoms with Crippen LogP contribution < -0.4 is 14.8 Å². The molecule has 31 heavy (non-hydrogen) atoms. The van der Waals surface area contributed by atoms with Crippen molar-refractivity contribution in [1.82, 2.24) is 5.32 Å². The highest BCUT2D eigenvalue weighted by Crippen LogP contribution is 2.27. The average Bonchev–Trinajstić information content (AvgIpc) is 2.78. The highest BCUT2D eigenvalue weighted by atomic mass is 32.2. The summed E-state index contributed by atoms with van der Waals surface area (Å²) in [5, 5.41) is 2.83. The average molecular weight is 457 g/mol. The first-order chi connectivity index (χ1) is 14.9. The minimum atomic E-state index is -3.95. The van der Waals surface area contributed by atoms with Crippen LogP contribution in [-0.2, 0) is 10.0 Å². The van der Waals surface area contributed by atoms with Crippen LogP contribution in [0, 0.1) is 6.92 Å². The molecule has 0 spiro atoms. The predicted molar refractivity (Wildman–Crippen MR) is 124 cm³/mol. The van der Waals surface area contributed by atoms with Gasteiger partial charge in [-0.3, -0.25) is 9.52 Å². The van der Waals surface area contributed by atoms with E-state index < -0.39 is 10.0 Å². The molecule has 0 aliphatic carbocycles. The fourth-order valence-electron chi connectivity index (χ4n) is 2.81. The number of hydrogen-bond donors (Lipinski definition) is 2. The highest BCUT2D eigenvalue weighted by molar-refractivity contribution is 7.99. The lowest BCUT2D eigenvalue weighted by molar-refractivity contribution is 0.0956. The Balaban J connectivity index is 1.70. The van der Waals surface area contributed by atoms with E-state index in [1.54, 1.807) is 30.0 Å². The Morgan fingerprint density at radius 3 is 2.39 bits per heavy atom. The van der Waals surface area contributed by atoms with Crippen molar-refractivity contribution in [1.29, 1.82) is 0 Å². The first-order valence-electron chi connectivity index (χ1n) is 9.62. The Labute approximate surface area is 187 Å². The van der Waals surface area contributed by atoms with E-state index >= 15 is 0 Å². The first kappa shape index (κ1) is 22.7. The van der Waals surface area contributed by atoms with Gasteiger partial charge in [-0.1, -0.05) is 35.9 Å². The van der Waals surface area contributed by atoms with Crippen LogP contribution >= 0.6 is 11.8 Å². The zero-order chi connectivity index (χ0) is 22.3. The molecule has 3 rings (SSSR count). The Bertz CT molecular complexity index is 1130. The summed E-state index contributed by atoms with van der Waals surface area (Å²) in [6.45, 7) is 2.37. The van der Waals surface area contributed by atoms with Crippen LogP contribution in [0.15, 0.2) is 82.6 Å². The molecule has 0 heterocycles. The molecule has 0 aliphatic rings. The third-order valence-electron chi connectivity index (χ3n) is 4.42. The van der Waals surface area contributed by atoms with E-state index in [-0.39, 0.29) is 22.1 Å².